The fourth-order valence-electron chi connectivity index (χ4n) is 1.88. The summed E-state index contributed by atoms with van der Waals surface area (Å²) < 4.78 is 26.3. The SMILES string of the molecule is CCc1ncc(S(=O)(=O)N(CC#N)Cc2ccccc2)[nH]1. The fourth-order valence-corrected chi connectivity index (χ4v) is 3.14. The number of nitrogens with one attached hydrogen (secondary N) is 1. The van der Waals surface area contributed by atoms with Gasteiger partial charge < -0.3 is 4.98 Å². The molecule has 2 aromatic rings. The van der Waals surface area contributed by atoms with Crippen LogP contribution in [0, 0.1) is 11.3 Å². The van der Waals surface area contributed by atoms with Crippen LogP contribution < -0.4 is 0 Å². The molecular formula is C14H16N4O2S. The minimum absolute atomic E-state index is 0.0190. The van der Waals surface area contributed by atoms with Gasteiger partial charge in [-0.25, -0.2) is 13.4 Å². The van der Waals surface area contributed by atoms with E-state index in [1.807, 2.05) is 43.3 Å². The van der Waals surface area contributed by atoms with Crippen molar-refractivity contribution in [3.05, 3.63) is 47.9 Å². The molecule has 0 unspecified atom stereocenters. The van der Waals surface area contributed by atoms with Gasteiger partial charge in [-0.2, -0.15) is 9.57 Å². The highest BCUT2D eigenvalue weighted by Gasteiger charge is 2.26. The van der Waals surface area contributed by atoms with Crippen molar-refractivity contribution in [2.75, 3.05) is 6.54 Å². The minimum atomic E-state index is -3.76. The number of H-pyrrole nitrogens is 1. The smallest absolute Gasteiger partial charge is 0.261 e. The van der Waals surface area contributed by atoms with E-state index in [0.717, 1.165) is 9.87 Å². The summed E-state index contributed by atoms with van der Waals surface area (Å²) >= 11 is 0. The van der Waals surface area contributed by atoms with Crippen molar-refractivity contribution >= 4 is 10.0 Å². The lowest BCUT2D eigenvalue weighted by Crippen LogP contribution is -2.31. The summed E-state index contributed by atoms with van der Waals surface area (Å²) in [4.78, 5) is 6.78. The summed E-state index contributed by atoms with van der Waals surface area (Å²) in [5.74, 6) is 0.602. The lowest BCUT2D eigenvalue weighted by atomic mass is 10.2. The molecule has 0 saturated heterocycles. The lowest BCUT2D eigenvalue weighted by molar-refractivity contribution is 0.439. The first-order valence-corrected chi connectivity index (χ1v) is 7.97. The number of aromatic nitrogens is 2. The van der Waals surface area contributed by atoms with Gasteiger partial charge in [-0.3, -0.25) is 0 Å². The van der Waals surface area contributed by atoms with Crippen molar-refractivity contribution < 1.29 is 8.42 Å². The zero-order valence-electron chi connectivity index (χ0n) is 11.7. The van der Waals surface area contributed by atoms with Gasteiger partial charge in [0.05, 0.1) is 12.3 Å². The van der Waals surface area contributed by atoms with Crippen molar-refractivity contribution in [3.8, 4) is 6.07 Å². The van der Waals surface area contributed by atoms with Gasteiger partial charge in [0.25, 0.3) is 10.0 Å². The number of sulfonamides is 1. The topological polar surface area (TPSA) is 89.8 Å². The third-order valence-electron chi connectivity index (χ3n) is 3.01. The van der Waals surface area contributed by atoms with Crippen LogP contribution >= 0.6 is 0 Å². The lowest BCUT2D eigenvalue weighted by Gasteiger charge is -2.18. The molecule has 0 saturated carbocycles. The first-order valence-electron chi connectivity index (χ1n) is 6.53. The van der Waals surface area contributed by atoms with Crippen molar-refractivity contribution in [2.24, 2.45) is 0 Å². The normalized spacial score (nSPS) is 11.5. The number of hydrogen-bond acceptors (Lipinski definition) is 4. The number of hydrogen-bond donors (Lipinski definition) is 1. The highest BCUT2D eigenvalue weighted by molar-refractivity contribution is 7.89. The Kier molecular flexibility index (Phi) is 4.73. The molecular weight excluding hydrogens is 288 g/mol. The average molecular weight is 304 g/mol. The van der Waals surface area contributed by atoms with Crippen LogP contribution in [0.5, 0.6) is 0 Å². The zero-order chi connectivity index (χ0) is 15.3. The van der Waals surface area contributed by atoms with E-state index in [2.05, 4.69) is 9.97 Å². The van der Waals surface area contributed by atoms with Crippen LogP contribution in [0.3, 0.4) is 0 Å². The molecule has 1 heterocycles. The molecule has 1 aromatic carbocycles. The number of nitriles is 1. The molecule has 1 N–H and O–H groups in total. The molecule has 0 aliphatic carbocycles. The van der Waals surface area contributed by atoms with Gasteiger partial charge >= 0.3 is 0 Å². The second-order valence-electron chi connectivity index (χ2n) is 4.46. The van der Waals surface area contributed by atoms with E-state index in [1.54, 1.807) is 0 Å². The Balaban J connectivity index is 2.30. The maximum absolute atomic E-state index is 12.6. The standard InChI is InChI=1S/C14H16N4O2S/c1-2-13-16-10-14(17-13)21(19,20)18(9-8-15)11-12-6-4-3-5-7-12/h3-7,10H,2,9,11H2,1H3,(H,16,17). The Bertz CT molecular complexity index is 732. The quantitative estimate of drug-likeness (QED) is 0.822. The summed E-state index contributed by atoms with van der Waals surface area (Å²) in [6.07, 6.45) is 1.91. The number of nitrogens with zero attached hydrogens (tertiary/aromatic N) is 3. The van der Waals surface area contributed by atoms with Gasteiger partial charge in [0.1, 0.15) is 12.4 Å². The minimum Gasteiger partial charge on any atom is -0.332 e. The second-order valence-corrected chi connectivity index (χ2v) is 6.37. The molecule has 0 aliphatic heterocycles. The average Bonchev–Trinajstić information content (AvgIpc) is 2.97. The van der Waals surface area contributed by atoms with Gasteiger partial charge in [0, 0.05) is 13.0 Å². The summed E-state index contributed by atoms with van der Waals surface area (Å²) in [5.41, 5.74) is 0.826. The van der Waals surface area contributed by atoms with E-state index < -0.39 is 10.0 Å². The third-order valence-corrected chi connectivity index (χ3v) is 4.71. The summed E-state index contributed by atoms with van der Waals surface area (Å²) in [6.45, 7) is 1.82. The Morgan fingerprint density at radius 3 is 2.62 bits per heavy atom. The Morgan fingerprint density at radius 2 is 2.05 bits per heavy atom. The number of benzene rings is 1. The highest BCUT2D eigenvalue weighted by atomic mass is 32.2. The second kappa shape index (κ2) is 6.52. The summed E-state index contributed by atoms with van der Waals surface area (Å²) in [7, 11) is -3.76. The fraction of sp³-hybridized carbons (Fsp3) is 0.286. The Morgan fingerprint density at radius 1 is 1.33 bits per heavy atom. The van der Waals surface area contributed by atoms with E-state index in [-0.39, 0.29) is 18.1 Å². The number of aryl methyl sites for hydroxylation is 1. The molecule has 0 amide bonds. The molecule has 0 bridgehead atoms. The van der Waals surface area contributed by atoms with E-state index >= 15 is 0 Å². The number of aromatic amines is 1. The molecule has 6 nitrogen and oxygen atoms in total. The predicted molar refractivity (Wildman–Crippen MR) is 77.6 cm³/mol. The van der Waals surface area contributed by atoms with Crippen molar-refractivity contribution in [1.82, 2.24) is 14.3 Å². The Labute approximate surface area is 124 Å². The molecule has 1 aromatic heterocycles. The van der Waals surface area contributed by atoms with Gasteiger partial charge in [-0.1, -0.05) is 37.3 Å². The van der Waals surface area contributed by atoms with Crippen LogP contribution in [-0.2, 0) is 23.0 Å². The first kappa shape index (κ1) is 15.2. The van der Waals surface area contributed by atoms with Gasteiger partial charge in [0.2, 0.25) is 0 Å². The molecule has 21 heavy (non-hydrogen) atoms. The molecule has 0 atom stereocenters. The van der Waals surface area contributed by atoms with Gasteiger partial charge in [-0.05, 0) is 5.56 Å². The summed E-state index contributed by atoms with van der Waals surface area (Å²) in [6, 6.07) is 11.1. The predicted octanol–water partition coefficient (Wildman–Crippen LogP) is 1.69. The van der Waals surface area contributed by atoms with Crippen LogP contribution in [0.1, 0.15) is 18.3 Å². The molecule has 7 heteroatoms. The molecule has 0 fully saturated rings. The maximum atomic E-state index is 12.6. The molecule has 0 radical (unpaired) electrons. The van der Waals surface area contributed by atoms with Crippen LogP contribution in [-0.4, -0.2) is 29.2 Å². The number of rotatable bonds is 6. The van der Waals surface area contributed by atoms with Crippen molar-refractivity contribution in [1.29, 1.82) is 5.26 Å². The number of imidazole rings is 1. The van der Waals surface area contributed by atoms with E-state index in [1.165, 1.54) is 6.20 Å². The molecule has 110 valence electrons. The van der Waals surface area contributed by atoms with E-state index in [4.69, 9.17) is 5.26 Å². The zero-order valence-corrected chi connectivity index (χ0v) is 12.5. The van der Waals surface area contributed by atoms with Gasteiger partial charge in [0.15, 0.2) is 5.03 Å². The van der Waals surface area contributed by atoms with Crippen molar-refractivity contribution in [3.63, 3.8) is 0 Å². The summed E-state index contributed by atoms with van der Waals surface area (Å²) in [5, 5.41) is 8.91. The van der Waals surface area contributed by atoms with Crippen LogP contribution in [0.2, 0.25) is 0 Å². The molecule has 0 aliphatic rings. The van der Waals surface area contributed by atoms with Crippen LogP contribution in [0.4, 0.5) is 0 Å². The largest absolute Gasteiger partial charge is 0.332 e. The first-order chi connectivity index (χ1) is 10.1. The van der Waals surface area contributed by atoms with E-state index in [0.29, 0.717) is 12.2 Å². The van der Waals surface area contributed by atoms with Crippen LogP contribution in [0.25, 0.3) is 0 Å². The molecule has 0 spiro atoms. The third kappa shape index (κ3) is 3.48. The maximum Gasteiger partial charge on any atom is 0.261 e. The molecule has 2 rings (SSSR count). The van der Waals surface area contributed by atoms with E-state index in [9.17, 15) is 8.42 Å². The van der Waals surface area contributed by atoms with Crippen molar-refractivity contribution in [2.45, 2.75) is 24.9 Å². The monoisotopic (exact) mass is 304 g/mol. The Hall–Kier alpha value is -2.17. The van der Waals surface area contributed by atoms with Gasteiger partial charge in [-0.15, -0.1) is 0 Å². The highest BCUT2D eigenvalue weighted by Crippen LogP contribution is 2.16. The van der Waals surface area contributed by atoms with Crippen LogP contribution in [0.15, 0.2) is 41.6 Å².